The Bertz CT molecular complexity index is 1160. The van der Waals surface area contributed by atoms with Crippen LogP contribution >= 0.6 is 22.9 Å². The van der Waals surface area contributed by atoms with Crippen LogP contribution in [0, 0.1) is 10.1 Å². The Labute approximate surface area is 160 Å². The van der Waals surface area contributed by atoms with Crippen molar-refractivity contribution in [1.82, 2.24) is 24.6 Å². The van der Waals surface area contributed by atoms with Crippen LogP contribution < -0.4 is 10.1 Å². The van der Waals surface area contributed by atoms with Crippen LogP contribution in [0.1, 0.15) is 0 Å². The third-order valence-electron chi connectivity index (χ3n) is 3.65. The van der Waals surface area contributed by atoms with E-state index in [-0.39, 0.29) is 16.9 Å². The van der Waals surface area contributed by atoms with Crippen LogP contribution in [-0.2, 0) is 0 Å². The molecule has 3 aromatic heterocycles. The van der Waals surface area contributed by atoms with Gasteiger partial charge in [-0.05, 0) is 12.1 Å². The van der Waals surface area contributed by atoms with Gasteiger partial charge in [0.1, 0.15) is 12.1 Å². The number of hydrogen-bond donors (Lipinski definition) is 1. The maximum atomic E-state index is 11.2. The molecule has 3 heterocycles. The second-order valence-corrected chi connectivity index (χ2v) is 6.39. The van der Waals surface area contributed by atoms with Gasteiger partial charge in [0.25, 0.3) is 0 Å². The van der Waals surface area contributed by atoms with E-state index >= 15 is 0 Å². The van der Waals surface area contributed by atoms with Crippen LogP contribution in [0.3, 0.4) is 0 Å². The molecule has 1 aromatic carbocycles. The van der Waals surface area contributed by atoms with Gasteiger partial charge in [-0.15, -0.1) is 16.4 Å². The number of thiazole rings is 1. The summed E-state index contributed by atoms with van der Waals surface area (Å²) in [5.41, 5.74) is 1.18. The topological polar surface area (TPSA) is 120 Å². The van der Waals surface area contributed by atoms with E-state index in [9.17, 15) is 10.1 Å². The maximum Gasteiger partial charge on any atom is 0.348 e. The van der Waals surface area contributed by atoms with Crippen molar-refractivity contribution < 1.29 is 9.66 Å². The standard InChI is InChI=1S/C15H10ClN7O3S/c1-26-10-5-3-2-4-8(10)9-6-27-15-20-14(21-22(9)15)19-13-11(23(24)25)12(16)17-7-18-13/h2-7H,1H3,(H,17,18,19,21). The van der Waals surface area contributed by atoms with Gasteiger partial charge in [-0.3, -0.25) is 10.1 Å². The number of para-hydroxylation sites is 1. The minimum atomic E-state index is -0.663. The van der Waals surface area contributed by atoms with Crippen LogP contribution in [0.25, 0.3) is 16.2 Å². The van der Waals surface area contributed by atoms with Crippen molar-refractivity contribution in [3.8, 4) is 17.0 Å². The predicted octanol–water partition coefficient (Wildman–Crippen LogP) is 3.56. The summed E-state index contributed by atoms with van der Waals surface area (Å²) in [6.45, 7) is 0. The van der Waals surface area contributed by atoms with Crippen LogP contribution in [0.4, 0.5) is 17.5 Å². The Hall–Kier alpha value is -3.31. The molecule has 0 saturated heterocycles. The zero-order valence-electron chi connectivity index (χ0n) is 13.7. The summed E-state index contributed by atoms with van der Waals surface area (Å²) in [5.74, 6) is 0.758. The van der Waals surface area contributed by atoms with E-state index in [0.717, 1.165) is 17.6 Å². The molecule has 0 atom stereocenters. The number of aromatic nitrogens is 5. The molecule has 0 saturated carbocycles. The number of benzene rings is 1. The van der Waals surface area contributed by atoms with Gasteiger partial charge in [0.2, 0.25) is 21.9 Å². The fourth-order valence-corrected chi connectivity index (χ4v) is 3.52. The zero-order chi connectivity index (χ0) is 19.0. The average molecular weight is 404 g/mol. The van der Waals surface area contributed by atoms with Crippen molar-refractivity contribution in [2.45, 2.75) is 0 Å². The Kier molecular flexibility index (Phi) is 4.30. The average Bonchev–Trinajstić information content (AvgIpc) is 3.21. The predicted molar refractivity (Wildman–Crippen MR) is 99.8 cm³/mol. The van der Waals surface area contributed by atoms with Gasteiger partial charge in [-0.25, -0.2) is 14.5 Å². The second kappa shape index (κ2) is 6.78. The summed E-state index contributed by atoms with van der Waals surface area (Å²) >= 11 is 7.17. The lowest BCUT2D eigenvalue weighted by Crippen LogP contribution is -2.03. The van der Waals surface area contributed by atoms with Crippen LogP contribution in [0.15, 0.2) is 36.0 Å². The number of ether oxygens (including phenoxy) is 1. The van der Waals surface area contributed by atoms with E-state index in [1.54, 1.807) is 11.6 Å². The lowest BCUT2D eigenvalue weighted by Gasteiger charge is -2.06. The highest BCUT2D eigenvalue weighted by atomic mass is 35.5. The largest absolute Gasteiger partial charge is 0.496 e. The summed E-state index contributed by atoms with van der Waals surface area (Å²) < 4.78 is 7.02. The number of fused-ring (bicyclic) bond motifs is 1. The molecule has 0 fully saturated rings. The third-order valence-corrected chi connectivity index (χ3v) is 4.75. The highest BCUT2D eigenvalue weighted by Gasteiger charge is 2.23. The number of nitrogens with one attached hydrogen (secondary N) is 1. The van der Waals surface area contributed by atoms with Crippen molar-refractivity contribution in [3.05, 3.63) is 51.2 Å². The number of methoxy groups -OCH3 is 1. The molecule has 0 aliphatic rings. The Morgan fingerprint density at radius 2 is 2.15 bits per heavy atom. The highest BCUT2D eigenvalue weighted by Crippen LogP contribution is 2.34. The first-order valence-corrected chi connectivity index (χ1v) is 8.74. The fraction of sp³-hybridized carbons (Fsp3) is 0.0667. The fourth-order valence-electron chi connectivity index (χ4n) is 2.49. The van der Waals surface area contributed by atoms with E-state index < -0.39 is 10.6 Å². The molecule has 0 aliphatic heterocycles. The molecule has 1 N–H and O–H groups in total. The van der Waals surface area contributed by atoms with Gasteiger partial charge in [-0.1, -0.05) is 23.7 Å². The summed E-state index contributed by atoms with van der Waals surface area (Å²) in [6, 6.07) is 7.52. The molecular formula is C15H10ClN7O3S. The van der Waals surface area contributed by atoms with Gasteiger partial charge in [0.15, 0.2) is 0 Å². The number of hydrogen-bond acceptors (Lipinski definition) is 9. The number of nitrogens with zero attached hydrogens (tertiary/aromatic N) is 6. The minimum absolute atomic E-state index is 0.0860. The summed E-state index contributed by atoms with van der Waals surface area (Å²) in [5, 5.41) is 19.9. The molecule has 0 spiro atoms. The van der Waals surface area contributed by atoms with Gasteiger partial charge in [0.05, 0.1) is 17.7 Å². The van der Waals surface area contributed by atoms with Crippen molar-refractivity contribution in [2.75, 3.05) is 12.4 Å². The summed E-state index contributed by atoms with van der Waals surface area (Å²) in [4.78, 5) is 23.0. The van der Waals surface area contributed by atoms with Crippen molar-refractivity contribution in [1.29, 1.82) is 0 Å². The number of anilines is 2. The molecule has 10 nitrogen and oxygen atoms in total. The van der Waals surface area contributed by atoms with Crippen molar-refractivity contribution >= 4 is 45.4 Å². The molecule has 4 rings (SSSR count). The Balaban J connectivity index is 1.76. The van der Waals surface area contributed by atoms with Crippen molar-refractivity contribution in [2.24, 2.45) is 0 Å². The second-order valence-electron chi connectivity index (χ2n) is 5.19. The smallest absolute Gasteiger partial charge is 0.348 e. The molecule has 0 amide bonds. The van der Waals surface area contributed by atoms with Gasteiger partial charge in [-0.2, -0.15) is 4.98 Å². The van der Waals surface area contributed by atoms with Crippen molar-refractivity contribution in [3.63, 3.8) is 0 Å². The first kappa shape index (κ1) is 17.1. The van der Waals surface area contributed by atoms with Gasteiger partial charge >= 0.3 is 5.69 Å². The lowest BCUT2D eigenvalue weighted by atomic mass is 10.1. The molecule has 0 bridgehead atoms. The number of halogens is 1. The number of rotatable bonds is 5. The molecule has 0 aliphatic carbocycles. The van der Waals surface area contributed by atoms with Gasteiger partial charge < -0.3 is 10.1 Å². The van der Waals surface area contributed by atoms with Gasteiger partial charge in [0, 0.05) is 10.9 Å². The van der Waals surface area contributed by atoms with Crippen LogP contribution in [0.2, 0.25) is 5.15 Å². The van der Waals surface area contributed by atoms with E-state index in [0.29, 0.717) is 10.7 Å². The Morgan fingerprint density at radius 1 is 1.33 bits per heavy atom. The lowest BCUT2D eigenvalue weighted by molar-refractivity contribution is -0.384. The minimum Gasteiger partial charge on any atom is -0.496 e. The van der Waals surface area contributed by atoms with Crippen LogP contribution in [-0.4, -0.2) is 36.6 Å². The van der Waals surface area contributed by atoms with E-state index in [2.05, 4.69) is 25.4 Å². The first-order valence-electron chi connectivity index (χ1n) is 7.48. The SMILES string of the molecule is COc1ccccc1-c1csc2nc(Nc3ncnc(Cl)c3[N+](=O)[O-])nn12. The summed E-state index contributed by atoms with van der Waals surface area (Å²) in [6.07, 6.45) is 1.12. The molecule has 4 aromatic rings. The van der Waals surface area contributed by atoms with E-state index in [4.69, 9.17) is 16.3 Å². The highest BCUT2D eigenvalue weighted by molar-refractivity contribution is 7.15. The quantitative estimate of drug-likeness (QED) is 0.305. The number of nitro groups is 1. The zero-order valence-corrected chi connectivity index (χ0v) is 15.2. The molecular weight excluding hydrogens is 394 g/mol. The van der Waals surface area contributed by atoms with Crippen LogP contribution in [0.5, 0.6) is 5.75 Å². The molecule has 0 radical (unpaired) electrons. The van der Waals surface area contributed by atoms with E-state index in [1.807, 2.05) is 29.6 Å². The monoisotopic (exact) mass is 403 g/mol. The normalized spacial score (nSPS) is 10.9. The first-order chi connectivity index (χ1) is 13.1. The third kappa shape index (κ3) is 3.02. The maximum absolute atomic E-state index is 11.2. The summed E-state index contributed by atoms with van der Waals surface area (Å²) in [7, 11) is 1.59. The Morgan fingerprint density at radius 3 is 2.93 bits per heavy atom. The molecule has 0 unspecified atom stereocenters. The molecule has 136 valence electrons. The van der Waals surface area contributed by atoms with E-state index in [1.165, 1.54) is 11.3 Å². The molecule has 12 heteroatoms. The molecule has 27 heavy (non-hydrogen) atoms.